The first-order chi connectivity index (χ1) is 7.70. The van der Waals surface area contributed by atoms with E-state index in [1.54, 1.807) is 0 Å². The van der Waals surface area contributed by atoms with Crippen LogP contribution in [-0.4, -0.2) is 5.43 Å². The first-order valence-corrected chi connectivity index (χ1v) is 5.05. The van der Waals surface area contributed by atoms with E-state index in [0.717, 1.165) is 0 Å². The third kappa shape index (κ3) is 4.62. The van der Waals surface area contributed by atoms with Gasteiger partial charge in [-0.1, -0.05) is 72.3 Å². The quantitative estimate of drug-likeness (QED) is 0.711. The molecule has 2 rings (SSSR count). The highest BCUT2D eigenvalue weighted by Gasteiger charge is 1.91. The van der Waals surface area contributed by atoms with E-state index in [2.05, 4.69) is 60.1 Å². The Bertz CT molecular complexity index is 385. The first kappa shape index (κ1) is 12.3. The molecule has 16 heavy (non-hydrogen) atoms. The zero-order chi connectivity index (χ0) is 11.8. The maximum atomic E-state index is 8.65. The van der Waals surface area contributed by atoms with Crippen molar-refractivity contribution in [3.8, 4) is 11.1 Å². The minimum Gasteiger partial charge on any atom is -0.534 e. The number of carboxylic acid groups (broad SMARTS) is 1. The predicted molar refractivity (Wildman–Crippen MR) is 63.1 cm³/mol. The smallest absolute Gasteiger partial charge is 0.134 e. The van der Waals surface area contributed by atoms with Gasteiger partial charge in [0.05, 0.1) is 0 Å². The summed E-state index contributed by atoms with van der Waals surface area (Å²) in [6.07, 6.45) is 0. The highest BCUT2D eigenvalue weighted by molar-refractivity contribution is 6.59. The molecular formula is C13H10ClO2-. The molecule has 0 heterocycles. The van der Waals surface area contributed by atoms with E-state index in [1.165, 1.54) is 11.1 Å². The number of hydrogen-bond donors (Lipinski definition) is 0. The summed E-state index contributed by atoms with van der Waals surface area (Å²) in [4.78, 5) is 8.65. The number of halogens is 1. The van der Waals surface area contributed by atoms with Crippen LogP contribution < -0.4 is 5.11 Å². The molecule has 0 saturated heterocycles. The summed E-state index contributed by atoms with van der Waals surface area (Å²) in [6, 6.07) is 20.8. The van der Waals surface area contributed by atoms with Gasteiger partial charge in [0, 0.05) is 0 Å². The largest absolute Gasteiger partial charge is 0.534 e. The monoisotopic (exact) mass is 233 g/mol. The summed E-state index contributed by atoms with van der Waals surface area (Å²) in [7, 11) is 0. The Morgan fingerprint density at radius 3 is 1.31 bits per heavy atom. The highest BCUT2D eigenvalue weighted by atomic mass is 35.5. The van der Waals surface area contributed by atoms with Crippen molar-refractivity contribution >= 4 is 17.0 Å². The van der Waals surface area contributed by atoms with Gasteiger partial charge in [-0.2, -0.15) is 0 Å². The number of carbonyl (C=O) groups excluding carboxylic acids is 1. The molecule has 2 aromatic rings. The summed E-state index contributed by atoms with van der Waals surface area (Å²) in [5.41, 5.74) is 0.941. The van der Waals surface area contributed by atoms with Gasteiger partial charge in [0.15, 0.2) is 0 Å². The molecule has 0 bridgehead atoms. The molecular weight excluding hydrogens is 224 g/mol. The van der Waals surface area contributed by atoms with Crippen LogP contribution in [-0.2, 0) is 0 Å². The second-order valence-corrected chi connectivity index (χ2v) is 3.28. The standard InChI is InChI=1S/C12H10.CHClO2/c1-3-7-11(8-4-1)12-9-5-2-6-10-12;2-1(3)4/h1-10H;(H,3,4)/p-1. The van der Waals surface area contributed by atoms with Crippen LogP contribution in [0.3, 0.4) is 0 Å². The second-order valence-electron chi connectivity index (χ2n) is 2.97. The molecule has 0 atom stereocenters. The molecule has 0 aliphatic heterocycles. The normalized spacial score (nSPS) is 8.81. The number of rotatable bonds is 1. The van der Waals surface area contributed by atoms with E-state index in [-0.39, 0.29) is 0 Å². The van der Waals surface area contributed by atoms with Crippen LogP contribution in [0.15, 0.2) is 60.7 Å². The van der Waals surface area contributed by atoms with Crippen LogP contribution in [0.1, 0.15) is 0 Å². The van der Waals surface area contributed by atoms with Gasteiger partial charge in [0.1, 0.15) is 5.43 Å². The van der Waals surface area contributed by atoms with E-state index in [9.17, 15) is 0 Å². The second kappa shape index (κ2) is 6.64. The number of hydrogen-bond acceptors (Lipinski definition) is 2. The third-order valence-corrected chi connectivity index (χ3v) is 1.88. The molecule has 0 aromatic heterocycles. The zero-order valence-electron chi connectivity index (χ0n) is 8.47. The lowest BCUT2D eigenvalue weighted by molar-refractivity contribution is -0.233. The van der Waals surface area contributed by atoms with Crippen molar-refractivity contribution < 1.29 is 9.90 Å². The van der Waals surface area contributed by atoms with Crippen molar-refractivity contribution in [1.82, 2.24) is 0 Å². The van der Waals surface area contributed by atoms with E-state index in [0.29, 0.717) is 0 Å². The maximum absolute atomic E-state index is 8.65. The minimum absolute atomic E-state index is 1.28. The van der Waals surface area contributed by atoms with E-state index in [1.807, 2.05) is 12.1 Å². The van der Waals surface area contributed by atoms with Gasteiger partial charge >= 0.3 is 0 Å². The van der Waals surface area contributed by atoms with Crippen molar-refractivity contribution in [2.45, 2.75) is 0 Å². The van der Waals surface area contributed by atoms with Gasteiger partial charge in [-0.15, -0.1) is 0 Å². The Hall–Kier alpha value is -1.80. The van der Waals surface area contributed by atoms with Crippen LogP contribution in [0.5, 0.6) is 0 Å². The van der Waals surface area contributed by atoms with Crippen LogP contribution in [0, 0.1) is 0 Å². The summed E-state index contributed by atoms with van der Waals surface area (Å²) in [5.74, 6) is 0. The van der Waals surface area contributed by atoms with Gasteiger partial charge in [0.25, 0.3) is 0 Å². The van der Waals surface area contributed by atoms with Crippen molar-refractivity contribution in [2.75, 3.05) is 0 Å². The summed E-state index contributed by atoms with van der Waals surface area (Å²) in [5, 5.41) is 8.65. The molecule has 2 nitrogen and oxygen atoms in total. The average molecular weight is 234 g/mol. The van der Waals surface area contributed by atoms with E-state index < -0.39 is 5.43 Å². The maximum Gasteiger partial charge on any atom is 0.134 e. The fourth-order valence-electron chi connectivity index (χ4n) is 1.26. The lowest BCUT2D eigenvalue weighted by Crippen LogP contribution is -2.11. The molecule has 0 amide bonds. The van der Waals surface area contributed by atoms with Gasteiger partial charge < -0.3 is 9.90 Å². The van der Waals surface area contributed by atoms with Crippen molar-refractivity contribution in [2.24, 2.45) is 0 Å². The molecule has 0 aliphatic carbocycles. The molecule has 0 spiro atoms. The molecule has 0 unspecified atom stereocenters. The molecule has 0 radical (unpaired) electrons. The fourth-order valence-corrected chi connectivity index (χ4v) is 1.26. The molecule has 2 aromatic carbocycles. The van der Waals surface area contributed by atoms with Crippen LogP contribution in [0.4, 0.5) is 4.79 Å². The Labute approximate surface area is 99.1 Å². The Balaban J connectivity index is 0.000000280. The van der Waals surface area contributed by atoms with Gasteiger partial charge in [-0.3, -0.25) is 0 Å². The third-order valence-electron chi connectivity index (χ3n) is 1.88. The minimum atomic E-state index is -1.61. The Morgan fingerprint density at radius 2 is 1.06 bits per heavy atom. The fraction of sp³-hybridized carbons (Fsp3) is 0. The topological polar surface area (TPSA) is 40.1 Å². The predicted octanol–water partition coefficient (Wildman–Crippen LogP) is 2.92. The Kier molecular flexibility index (Phi) is 5.09. The van der Waals surface area contributed by atoms with Crippen LogP contribution in [0.25, 0.3) is 11.1 Å². The molecule has 0 N–H and O–H groups in total. The molecule has 0 fully saturated rings. The lowest BCUT2D eigenvalue weighted by atomic mass is 10.1. The molecule has 0 saturated carbocycles. The highest BCUT2D eigenvalue weighted by Crippen LogP contribution is 2.17. The number of carbonyl (C=O) groups is 1. The summed E-state index contributed by atoms with van der Waals surface area (Å²) < 4.78 is 0. The molecule has 3 heteroatoms. The molecule has 0 aliphatic rings. The summed E-state index contributed by atoms with van der Waals surface area (Å²) in [6.45, 7) is 0. The van der Waals surface area contributed by atoms with Gasteiger partial charge in [0.2, 0.25) is 0 Å². The van der Waals surface area contributed by atoms with Crippen molar-refractivity contribution in [1.29, 1.82) is 0 Å². The zero-order valence-corrected chi connectivity index (χ0v) is 9.22. The van der Waals surface area contributed by atoms with Gasteiger partial charge in [-0.25, -0.2) is 0 Å². The van der Waals surface area contributed by atoms with E-state index >= 15 is 0 Å². The average Bonchev–Trinajstić information content (AvgIpc) is 2.31. The van der Waals surface area contributed by atoms with Crippen LogP contribution in [0.2, 0.25) is 0 Å². The molecule has 82 valence electrons. The summed E-state index contributed by atoms with van der Waals surface area (Å²) >= 11 is 4.08. The van der Waals surface area contributed by atoms with Crippen molar-refractivity contribution in [3.05, 3.63) is 60.7 Å². The van der Waals surface area contributed by atoms with E-state index in [4.69, 9.17) is 9.90 Å². The Morgan fingerprint density at radius 1 is 0.812 bits per heavy atom. The van der Waals surface area contributed by atoms with Gasteiger partial charge in [-0.05, 0) is 11.1 Å². The van der Waals surface area contributed by atoms with Crippen molar-refractivity contribution in [3.63, 3.8) is 0 Å². The van der Waals surface area contributed by atoms with Crippen LogP contribution >= 0.6 is 11.6 Å². The number of benzene rings is 2. The first-order valence-electron chi connectivity index (χ1n) is 4.67. The SMILES string of the molecule is O=C([O-])Cl.c1ccc(-c2ccccc2)cc1. The lowest BCUT2D eigenvalue weighted by Gasteiger charge is -1.98.